The van der Waals surface area contributed by atoms with Crippen molar-refractivity contribution in [3.05, 3.63) is 18.2 Å². The average Bonchev–Trinajstić information content (AvgIpc) is 2.20. The number of aromatic hydroxyl groups is 1. The second-order valence-electron chi connectivity index (χ2n) is 2.73. The van der Waals surface area contributed by atoms with Crippen LogP contribution >= 0.6 is 11.6 Å². The van der Waals surface area contributed by atoms with E-state index in [1.807, 2.05) is 0 Å². The summed E-state index contributed by atoms with van der Waals surface area (Å²) in [7, 11) is 1.53. The molecular weight excluding hydrogens is 204 g/mol. The normalized spacial score (nSPS) is 9.86. The molecule has 0 bridgehead atoms. The van der Waals surface area contributed by atoms with Crippen LogP contribution in [-0.2, 0) is 0 Å². The number of phenolic OH excluding ortho intramolecular Hbond substituents is 1. The van der Waals surface area contributed by atoms with E-state index in [1.165, 1.54) is 13.2 Å². The molecule has 0 radical (unpaired) electrons. The first-order chi connectivity index (χ1) is 6.77. The molecule has 0 fully saturated rings. The van der Waals surface area contributed by atoms with Gasteiger partial charge in [0.25, 0.3) is 0 Å². The van der Waals surface area contributed by atoms with Gasteiger partial charge in [0.15, 0.2) is 11.5 Å². The molecule has 0 unspecified atom stereocenters. The molecule has 0 aliphatic heterocycles. The largest absolute Gasteiger partial charge is 0.508 e. The Morgan fingerprint density at radius 2 is 2.14 bits per heavy atom. The summed E-state index contributed by atoms with van der Waals surface area (Å²) in [6.07, 6.45) is 0.783. The first kappa shape index (κ1) is 11.0. The Kier molecular flexibility index (Phi) is 4.40. The van der Waals surface area contributed by atoms with Crippen LogP contribution in [0.3, 0.4) is 0 Å². The first-order valence-electron chi connectivity index (χ1n) is 4.33. The molecule has 0 saturated carbocycles. The van der Waals surface area contributed by atoms with Gasteiger partial charge in [-0.3, -0.25) is 0 Å². The van der Waals surface area contributed by atoms with Crippen molar-refractivity contribution in [1.82, 2.24) is 0 Å². The smallest absolute Gasteiger partial charge is 0.164 e. The van der Waals surface area contributed by atoms with Gasteiger partial charge in [0, 0.05) is 11.9 Å². The fourth-order valence-electron chi connectivity index (χ4n) is 1.01. The zero-order chi connectivity index (χ0) is 10.4. The number of methoxy groups -OCH3 is 1. The lowest BCUT2D eigenvalue weighted by Gasteiger charge is -2.09. The summed E-state index contributed by atoms with van der Waals surface area (Å²) in [6.45, 7) is 0.546. The van der Waals surface area contributed by atoms with Gasteiger partial charge < -0.3 is 14.6 Å². The van der Waals surface area contributed by atoms with Gasteiger partial charge in [-0.2, -0.15) is 0 Å². The highest BCUT2D eigenvalue weighted by atomic mass is 35.5. The van der Waals surface area contributed by atoms with Crippen LogP contribution in [0.25, 0.3) is 0 Å². The zero-order valence-electron chi connectivity index (χ0n) is 8.00. The molecule has 0 aromatic heterocycles. The van der Waals surface area contributed by atoms with Gasteiger partial charge in [-0.15, -0.1) is 11.6 Å². The fraction of sp³-hybridized carbons (Fsp3) is 0.400. The summed E-state index contributed by atoms with van der Waals surface area (Å²) in [5.74, 6) is 1.88. The molecule has 78 valence electrons. The summed E-state index contributed by atoms with van der Waals surface area (Å²) in [4.78, 5) is 0. The maximum Gasteiger partial charge on any atom is 0.164 e. The number of rotatable bonds is 5. The van der Waals surface area contributed by atoms with Crippen LogP contribution in [0, 0.1) is 0 Å². The average molecular weight is 217 g/mol. The van der Waals surface area contributed by atoms with E-state index in [1.54, 1.807) is 12.1 Å². The third-order valence-corrected chi connectivity index (χ3v) is 1.95. The second-order valence-corrected chi connectivity index (χ2v) is 3.10. The van der Waals surface area contributed by atoms with Gasteiger partial charge in [-0.25, -0.2) is 0 Å². The maximum atomic E-state index is 9.18. The van der Waals surface area contributed by atoms with Crippen LogP contribution < -0.4 is 9.47 Å². The second kappa shape index (κ2) is 5.60. The minimum Gasteiger partial charge on any atom is -0.508 e. The highest BCUT2D eigenvalue weighted by Crippen LogP contribution is 2.30. The van der Waals surface area contributed by atoms with E-state index in [4.69, 9.17) is 21.1 Å². The molecule has 0 atom stereocenters. The monoisotopic (exact) mass is 216 g/mol. The minimum atomic E-state index is 0.159. The van der Waals surface area contributed by atoms with Crippen molar-refractivity contribution >= 4 is 11.6 Å². The molecule has 4 heteroatoms. The summed E-state index contributed by atoms with van der Waals surface area (Å²) in [6, 6.07) is 4.73. The molecule has 1 N–H and O–H groups in total. The van der Waals surface area contributed by atoms with E-state index in [0.717, 1.165) is 6.42 Å². The highest BCUT2D eigenvalue weighted by molar-refractivity contribution is 6.17. The van der Waals surface area contributed by atoms with Crippen molar-refractivity contribution in [1.29, 1.82) is 0 Å². The van der Waals surface area contributed by atoms with Crippen LogP contribution in [0.1, 0.15) is 6.42 Å². The van der Waals surface area contributed by atoms with Crippen molar-refractivity contribution in [2.45, 2.75) is 6.42 Å². The van der Waals surface area contributed by atoms with E-state index < -0.39 is 0 Å². The number of hydrogen-bond donors (Lipinski definition) is 1. The number of alkyl halides is 1. The van der Waals surface area contributed by atoms with Crippen molar-refractivity contribution in [3.8, 4) is 17.2 Å². The zero-order valence-corrected chi connectivity index (χ0v) is 8.75. The van der Waals surface area contributed by atoms with Crippen LogP contribution in [0.5, 0.6) is 17.2 Å². The SMILES string of the molecule is COc1cc(O)ccc1OCCCCl. The van der Waals surface area contributed by atoms with Gasteiger partial charge >= 0.3 is 0 Å². The van der Waals surface area contributed by atoms with E-state index in [-0.39, 0.29) is 5.75 Å². The van der Waals surface area contributed by atoms with Crippen LogP contribution in [-0.4, -0.2) is 24.7 Å². The first-order valence-corrected chi connectivity index (χ1v) is 4.87. The summed E-state index contributed by atoms with van der Waals surface area (Å²) >= 11 is 5.52. The summed E-state index contributed by atoms with van der Waals surface area (Å²) in [5.41, 5.74) is 0. The third-order valence-electron chi connectivity index (χ3n) is 1.68. The number of halogens is 1. The molecule has 0 spiro atoms. The molecule has 1 rings (SSSR count). The maximum absolute atomic E-state index is 9.18. The molecule has 0 amide bonds. The Morgan fingerprint density at radius 3 is 2.79 bits per heavy atom. The molecule has 1 aromatic rings. The Bertz CT molecular complexity index is 289. The predicted molar refractivity (Wildman–Crippen MR) is 55.5 cm³/mol. The molecule has 0 saturated heterocycles. The molecule has 0 aliphatic carbocycles. The lowest BCUT2D eigenvalue weighted by molar-refractivity contribution is 0.293. The summed E-state index contributed by atoms with van der Waals surface area (Å²) in [5, 5.41) is 9.18. The topological polar surface area (TPSA) is 38.7 Å². The molecule has 0 heterocycles. The van der Waals surface area contributed by atoms with Gasteiger partial charge in [-0.1, -0.05) is 0 Å². The predicted octanol–water partition coefficient (Wildman–Crippen LogP) is 2.41. The Morgan fingerprint density at radius 1 is 1.36 bits per heavy atom. The quantitative estimate of drug-likeness (QED) is 0.607. The van der Waals surface area contributed by atoms with E-state index in [9.17, 15) is 5.11 Å². The van der Waals surface area contributed by atoms with E-state index in [2.05, 4.69) is 0 Å². The standard InChI is InChI=1S/C10H13ClO3/c1-13-10-7-8(12)3-4-9(10)14-6-2-5-11/h3-4,7,12H,2,5-6H2,1H3. The van der Waals surface area contributed by atoms with Gasteiger partial charge in [0.2, 0.25) is 0 Å². The fourth-order valence-corrected chi connectivity index (χ4v) is 1.12. The Balaban J connectivity index is 2.65. The minimum absolute atomic E-state index is 0.159. The van der Waals surface area contributed by atoms with Gasteiger partial charge in [0.1, 0.15) is 5.75 Å². The number of ether oxygens (including phenoxy) is 2. The third kappa shape index (κ3) is 3.00. The Hall–Kier alpha value is -1.09. The summed E-state index contributed by atoms with van der Waals surface area (Å²) < 4.78 is 10.4. The van der Waals surface area contributed by atoms with Crippen molar-refractivity contribution < 1.29 is 14.6 Å². The van der Waals surface area contributed by atoms with Crippen LogP contribution in [0.4, 0.5) is 0 Å². The van der Waals surface area contributed by atoms with Crippen LogP contribution in [0.2, 0.25) is 0 Å². The van der Waals surface area contributed by atoms with Crippen molar-refractivity contribution in [2.24, 2.45) is 0 Å². The number of phenols is 1. The molecule has 3 nitrogen and oxygen atoms in total. The highest BCUT2D eigenvalue weighted by Gasteiger charge is 2.04. The van der Waals surface area contributed by atoms with Crippen LogP contribution in [0.15, 0.2) is 18.2 Å². The number of hydrogen-bond acceptors (Lipinski definition) is 3. The van der Waals surface area contributed by atoms with E-state index >= 15 is 0 Å². The molecule has 14 heavy (non-hydrogen) atoms. The molecular formula is C10H13ClO3. The van der Waals surface area contributed by atoms with Crippen molar-refractivity contribution in [3.63, 3.8) is 0 Å². The van der Waals surface area contributed by atoms with Gasteiger partial charge in [-0.05, 0) is 18.6 Å². The lowest BCUT2D eigenvalue weighted by atomic mass is 10.3. The number of benzene rings is 1. The Labute approximate surface area is 88.2 Å². The molecule has 1 aromatic carbocycles. The molecule has 0 aliphatic rings. The van der Waals surface area contributed by atoms with Gasteiger partial charge in [0.05, 0.1) is 13.7 Å². The van der Waals surface area contributed by atoms with E-state index in [0.29, 0.717) is 24.0 Å². The van der Waals surface area contributed by atoms with Crippen molar-refractivity contribution in [2.75, 3.05) is 19.6 Å². The lowest BCUT2D eigenvalue weighted by Crippen LogP contribution is -1.99.